The zero-order chi connectivity index (χ0) is 24.4. The number of rotatable bonds is 7. The molecular weight excluding hydrogens is 466 g/mol. The molecule has 0 aliphatic carbocycles. The molecule has 0 spiro atoms. The maximum Gasteiger partial charge on any atom is 0.256 e. The van der Waals surface area contributed by atoms with E-state index in [1.54, 1.807) is 12.1 Å². The number of nitrogens with one attached hydrogen (secondary N) is 1. The largest absolute Gasteiger partial charge is 0.305 e. The molecule has 1 fully saturated rings. The van der Waals surface area contributed by atoms with Gasteiger partial charge in [-0.05, 0) is 36.1 Å². The SMILES string of the molecule is O=C(Nc1ncnc2c1ncn2C1SCC1(Cc1ccccc1)Cc1ccccc1)c1ccccc1. The standard InChI is InChI=1S/C29H25N5OS/c35-27(23-14-8-3-9-15-23)33-25-24-26(31-19-30-25)34(20-32-24)28-29(18-36-28,16-21-10-4-1-5-11-21)17-22-12-6-2-7-13-22/h1-15,19-20,28H,16-18H2,(H,30,31,33,35). The molecule has 0 bridgehead atoms. The minimum absolute atomic E-state index is 0.0133. The molecule has 1 atom stereocenters. The number of carbonyl (C=O) groups is 1. The number of amides is 1. The van der Waals surface area contributed by atoms with Gasteiger partial charge in [-0.3, -0.25) is 4.79 Å². The topological polar surface area (TPSA) is 72.7 Å². The minimum Gasteiger partial charge on any atom is -0.305 e. The number of carbonyl (C=O) groups excluding carboxylic acids is 1. The Balaban J connectivity index is 1.35. The van der Waals surface area contributed by atoms with Crippen LogP contribution in [0.15, 0.2) is 104 Å². The van der Waals surface area contributed by atoms with Crippen molar-refractivity contribution in [1.29, 1.82) is 0 Å². The number of thioether (sulfide) groups is 1. The first-order valence-electron chi connectivity index (χ1n) is 12.0. The van der Waals surface area contributed by atoms with Crippen LogP contribution in [0.2, 0.25) is 0 Å². The number of aromatic nitrogens is 4. The van der Waals surface area contributed by atoms with Crippen molar-refractivity contribution < 1.29 is 4.79 Å². The van der Waals surface area contributed by atoms with E-state index in [2.05, 4.69) is 85.5 Å². The van der Waals surface area contributed by atoms with Crippen LogP contribution < -0.4 is 5.32 Å². The Labute approximate surface area is 213 Å². The molecule has 5 aromatic rings. The van der Waals surface area contributed by atoms with Gasteiger partial charge in [0.25, 0.3) is 5.91 Å². The normalized spacial score (nSPS) is 16.4. The van der Waals surface area contributed by atoms with E-state index in [1.807, 2.05) is 36.3 Å². The fourth-order valence-corrected chi connectivity index (χ4v) is 6.47. The van der Waals surface area contributed by atoms with Crippen molar-refractivity contribution in [2.24, 2.45) is 5.41 Å². The molecule has 1 aliphatic heterocycles. The summed E-state index contributed by atoms with van der Waals surface area (Å²) in [5, 5.41) is 3.08. The van der Waals surface area contributed by atoms with Crippen LogP contribution in [-0.2, 0) is 12.8 Å². The number of hydrogen-bond acceptors (Lipinski definition) is 5. The molecule has 178 valence electrons. The summed E-state index contributed by atoms with van der Waals surface area (Å²) >= 11 is 1.92. The van der Waals surface area contributed by atoms with E-state index in [0.29, 0.717) is 16.9 Å². The quantitative estimate of drug-likeness (QED) is 0.312. The van der Waals surface area contributed by atoms with E-state index in [4.69, 9.17) is 0 Å². The van der Waals surface area contributed by atoms with E-state index in [9.17, 15) is 4.79 Å². The lowest BCUT2D eigenvalue weighted by molar-refractivity contribution is 0.102. The second kappa shape index (κ2) is 9.59. The van der Waals surface area contributed by atoms with Crippen molar-refractivity contribution in [3.8, 4) is 0 Å². The van der Waals surface area contributed by atoms with E-state index in [-0.39, 0.29) is 16.7 Å². The number of benzene rings is 3. The molecule has 6 nitrogen and oxygen atoms in total. The summed E-state index contributed by atoms with van der Waals surface area (Å²) in [5.41, 5.74) is 4.57. The first-order chi connectivity index (χ1) is 17.7. The average Bonchev–Trinajstić information content (AvgIpc) is 3.33. The van der Waals surface area contributed by atoms with Gasteiger partial charge in [0, 0.05) is 16.7 Å². The Morgan fingerprint density at radius 2 is 1.47 bits per heavy atom. The van der Waals surface area contributed by atoms with Crippen molar-refractivity contribution in [2.45, 2.75) is 18.2 Å². The second-order valence-electron chi connectivity index (χ2n) is 9.22. The average molecular weight is 492 g/mol. The molecule has 36 heavy (non-hydrogen) atoms. The van der Waals surface area contributed by atoms with Gasteiger partial charge in [-0.15, -0.1) is 11.8 Å². The van der Waals surface area contributed by atoms with Crippen LogP contribution in [0.3, 0.4) is 0 Å². The lowest BCUT2D eigenvalue weighted by Gasteiger charge is -2.50. The molecular formula is C29H25N5OS. The summed E-state index contributed by atoms with van der Waals surface area (Å²) in [6.45, 7) is 0. The second-order valence-corrected chi connectivity index (χ2v) is 10.3. The van der Waals surface area contributed by atoms with Gasteiger partial charge in [-0.2, -0.15) is 0 Å². The van der Waals surface area contributed by atoms with Crippen LogP contribution in [0.25, 0.3) is 11.2 Å². The maximum atomic E-state index is 12.8. The van der Waals surface area contributed by atoms with Gasteiger partial charge < -0.3 is 9.88 Å². The highest BCUT2D eigenvalue weighted by Gasteiger charge is 2.49. The summed E-state index contributed by atoms with van der Waals surface area (Å²) in [5.74, 6) is 1.25. The Hall–Kier alpha value is -3.97. The molecule has 1 unspecified atom stereocenters. The van der Waals surface area contributed by atoms with Crippen LogP contribution in [0.5, 0.6) is 0 Å². The van der Waals surface area contributed by atoms with Crippen molar-refractivity contribution in [3.05, 3.63) is 120 Å². The van der Waals surface area contributed by atoms with E-state index in [1.165, 1.54) is 17.5 Å². The van der Waals surface area contributed by atoms with Gasteiger partial charge in [-0.1, -0.05) is 78.9 Å². The highest BCUT2D eigenvalue weighted by molar-refractivity contribution is 8.00. The van der Waals surface area contributed by atoms with Crippen molar-refractivity contribution in [1.82, 2.24) is 19.5 Å². The van der Waals surface area contributed by atoms with Gasteiger partial charge in [-0.25, -0.2) is 15.0 Å². The molecule has 3 heterocycles. The van der Waals surface area contributed by atoms with Gasteiger partial charge in [0.1, 0.15) is 6.33 Å². The van der Waals surface area contributed by atoms with Gasteiger partial charge in [0.15, 0.2) is 17.0 Å². The van der Waals surface area contributed by atoms with Crippen LogP contribution in [0.1, 0.15) is 26.9 Å². The van der Waals surface area contributed by atoms with Crippen molar-refractivity contribution in [2.75, 3.05) is 11.1 Å². The zero-order valence-corrected chi connectivity index (χ0v) is 20.4. The Kier molecular flexibility index (Phi) is 5.99. The predicted molar refractivity (Wildman–Crippen MR) is 144 cm³/mol. The lowest BCUT2D eigenvalue weighted by atomic mass is 9.76. The number of fused-ring (bicyclic) bond motifs is 1. The zero-order valence-electron chi connectivity index (χ0n) is 19.6. The summed E-state index contributed by atoms with van der Waals surface area (Å²) < 4.78 is 2.16. The van der Waals surface area contributed by atoms with Gasteiger partial charge in [0.05, 0.1) is 11.7 Å². The molecule has 3 aromatic carbocycles. The van der Waals surface area contributed by atoms with Gasteiger partial charge >= 0.3 is 0 Å². The van der Waals surface area contributed by atoms with Crippen LogP contribution in [0, 0.1) is 5.41 Å². The van der Waals surface area contributed by atoms with Crippen molar-refractivity contribution in [3.63, 3.8) is 0 Å². The number of anilines is 1. The minimum atomic E-state index is -0.217. The van der Waals surface area contributed by atoms with Crippen LogP contribution in [0.4, 0.5) is 5.82 Å². The molecule has 6 rings (SSSR count). The van der Waals surface area contributed by atoms with Crippen LogP contribution >= 0.6 is 11.8 Å². The fraction of sp³-hybridized carbons (Fsp3) is 0.172. The van der Waals surface area contributed by atoms with E-state index < -0.39 is 0 Å². The van der Waals surface area contributed by atoms with E-state index >= 15 is 0 Å². The Morgan fingerprint density at radius 1 is 0.861 bits per heavy atom. The summed E-state index contributed by atoms with van der Waals surface area (Å²) in [6, 6.07) is 30.5. The first-order valence-corrected chi connectivity index (χ1v) is 13.0. The molecule has 0 radical (unpaired) electrons. The number of hydrogen-bond donors (Lipinski definition) is 1. The molecule has 1 saturated heterocycles. The van der Waals surface area contributed by atoms with Crippen molar-refractivity contribution >= 4 is 34.7 Å². The maximum absolute atomic E-state index is 12.8. The molecule has 7 heteroatoms. The Bertz CT molecular complexity index is 1450. The fourth-order valence-electron chi connectivity index (χ4n) is 5.00. The van der Waals surface area contributed by atoms with Gasteiger partial charge in [0.2, 0.25) is 0 Å². The highest BCUT2D eigenvalue weighted by atomic mass is 32.2. The smallest absolute Gasteiger partial charge is 0.256 e. The first kappa shape index (κ1) is 22.5. The number of imidazole rings is 1. The Morgan fingerprint density at radius 3 is 2.06 bits per heavy atom. The summed E-state index contributed by atoms with van der Waals surface area (Å²) in [4.78, 5) is 26.3. The predicted octanol–water partition coefficient (Wildman–Crippen LogP) is 5.80. The molecule has 1 aliphatic rings. The third-order valence-electron chi connectivity index (χ3n) is 6.73. The molecule has 1 amide bonds. The molecule has 1 N–H and O–H groups in total. The monoisotopic (exact) mass is 491 g/mol. The van der Waals surface area contributed by atoms with Crippen LogP contribution in [-0.4, -0.2) is 31.2 Å². The third kappa shape index (κ3) is 4.27. The lowest BCUT2D eigenvalue weighted by Crippen LogP contribution is -2.45. The van der Waals surface area contributed by atoms with E-state index in [0.717, 1.165) is 24.2 Å². The molecule has 2 aromatic heterocycles. The number of nitrogens with zero attached hydrogens (tertiary/aromatic N) is 4. The molecule has 0 saturated carbocycles. The summed E-state index contributed by atoms with van der Waals surface area (Å²) in [7, 11) is 0. The third-order valence-corrected chi connectivity index (χ3v) is 8.51. The summed E-state index contributed by atoms with van der Waals surface area (Å²) in [6.07, 6.45) is 5.27. The highest BCUT2D eigenvalue weighted by Crippen LogP contribution is 2.57.